The fourth-order valence-corrected chi connectivity index (χ4v) is 2.37. The molecular formula is C13H15NO2. The number of hydrogen-bond donors (Lipinski definition) is 1. The van der Waals surface area contributed by atoms with Gasteiger partial charge in [0.15, 0.2) is 5.78 Å². The molecule has 0 fully saturated rings. The van der Waals surface area contributed by atoms with E-state index in [4.69, 9.17) is 0 Å². The zero-order chi connectivity index (χ0) is 11.9. The SMILES string of the molecule is CC(=O)NC1(C)CC(=O)c2ccc(C)cc21. The number of benzene rings is 1. The number of rotatable bonds is 1. The van der Waals surface area contributed by atoms with Crippen LogP contribution in [-0.4, -0.2) is 11.7 Å². The molecule has 1 unspecified atom stereocenters. The van der Waals surface area contributed by atoms with Gasteiger partial charge in [-0.1, -0.05) is 23.8 Å². The van der Waals surface area contributed by atoms with Crippen LogP contribution >= 0.6 is 0 Å². The van der Waals surface area contributed by atoms with E-state index >= 15 is 0 Å². The smallest absolute Gasteiger partial charge is 0.217 e. The average molecular weight is 217 g/mol. The molecule has 1 aromatic carbocycles. The van der Waals surface area contributed by atoms with E-state index in [-0.39, 0.29) is 11.7 Å². The lowest BCUT2D eigenvalue weighted by Gasteiger charge is -2.25. The third kappa shape index (κ3) is 1.62. The second kappa shape index (κ2) is 3.44. The maximum Gasteiger partial charge on any atom is 0.217 e. The van der Waals surface area contributed by atoms with Gasteiger partial charge in [0.25, 0.3) is 0 Å². The Bertz CT molecular complexity index is 475. The Morgan fingerprint density at radius 1 is 1.44 bits per heavy atom. The first-order chi connectivity index (χ1) is 7.42. The van der Waals surface area contributed by atoms with Gasteiger partial charge < -0.3 is 5.32 Å². The largest absolute Gasteiger partial charge is 0.347 e. The quantitative estimate of drug-likeness (QED) is 0.781. The highest BCUT2D eigenvalue weighted by Gasteiger charge is 2.40. The van der Waals surface area contributed by atoms with E-state index in [0.29, 0.717) is 6.42 Å². The summed E-state index contributed by atoms with van der Waals surface area (Å²) in [4.78, 5) is 23.0. The summed E-state index contributed by atoms with van der Waals surface area (Å²) in [5, 5.41) is 2.87. The second-order valence-electron chi connectivity index (χ2n) is 4.66. The topological polar surface area (TPSA) is 46.2 Å². The molecule has 1 N–H and O–H groups in total. The molecule has 0 aromatic heterocycles. The Balaban J connectivity index is 2.52. The van der Waals surface area contributed by atoms with Crippen LogP contribution in [0.3, 0.4) is 0 Å². The Hall–Kier alpha value is -1.64. The van der Waals surface area contributed by atoms with Crippen LogP contribution in [0, 0.1) is 6.92 Å². The van der Waals surface area contributed by atoms with Gasteiger partial charge in [-0.15, -0.1) is 0 Å². The second-order valence-corrected chi connectivity index (χ2v) is 4.66. The van der Waals surface area contributed by atoms with Crippen molar-refractivity contribution >= 4 is 11.7 Å². The Kier molecular flexibility index (Phi) is 2.34. The lowest BCUT2D eigenvalue weighted by molar-refractivity contribution is -0.120. The van der Waals surface area contributed by atoms with Gasteiger partial charge in [-0.2, -0.15) is 0 Å². The van der Waals surface area contributed by atoms with Crippen molar-refractivity contribution in [3.63, 3.8) is 0 Å². The number of nitrogens with one attached hydrogen (secondary N) is 1. The maximum absolute atomic E-state index is 11.8. The minimum atomic E-state index is -0.537. The van der Waals surface area contributed by atoms with Crippen LogP contribution in [0.2, 0.25) is 0 Å². The predicted molar refractivity (Wildman–Crippen MR) is 61.3 cm³/mol. The molecule has 1 aromatic rings. The van der Waals surface area contributed by atoms with Crippen molar-refractivity contribution in [1.29, 1.82) is 0 Å². The van der Waals surface area contributed by atoms with Crippen molar-refractivity contribution < 1.29 is 9.59 Å². The van der Waals surface area contributed by atoms with Gasteiger partial charge >= 0.3 is 0 Å². The Labute approximate surface area is 94.9 Å². The van der Waals surface area contributed by atoms with Crippen LogP contribution in [0.5, 0.6) is 0 Å². The minimum Gasteiger partial charge on any atom is -0.347 e. The molecule has 1 aliphatic rings. The third-order valence-corrected chi connectivity index (χ3v) is 3.04. The van der Waals surface area contributed by atoms with E-state index in [1.54, 1.807) is 0 Å². The molecule has 0 saturated heterocycles. The van der Waals surface area contributed by atoms with Crippen molar-refractivity contribution in [3.05, 3.63) is 34.9 Å². The van der Waals surface area contributed by atoms with E-state index in [1.807, 2.05) is 32.0 Å². The normalized spacial score (nSPS) is 23.1. The first kappa shape index (κ1) is 10.9. The fourth-order valence-electron chi connectivity index (χ4n) is 2.37. The van der Waals surface area contributed by atoms with Crippen LogP contribution in [0.25, 0.3) is 0 Å². The molecule has 0 heterocycles. The molecule has 1 amide bonds. The molecule has 0 bridgehead atoms. The summed E-state index contributed by atoms with van der Waals surface area (Å²) in [5.41, 5.74) is 2.24. The molecule has 16 heavy (non-hydrogen) atoms. The van der Waals surface area contributed by atoms with Crippen molar-refractivity contribution in [1.82, 2.24) is 5.32 Å². The fraction of sp³-hybridized carbons (Fsp3) is 0.385. The molecular weight excluding hydrogens is 202 g/mol. The summed E-state index contributed by atoms with van der Waals surface area (Å²) < 4.78 is 0. The van der Waals surface area contributed by atoms with Crippen LogP contribution in [0.4, 0.5) is 0 Å². The summed E-state index contributed by atoms with van der Waals surface area (Å²) in [6.07, 6.45) is 0.353. The molecule has 0 aliphatic heterocycles. The highest BCUT2D eigenvalue weighted by atomic mass is 16.1. The van der Waals surface area contributed by atoms with Gasteiger partial charge in [-0.05, 0) is 19.4 Å². The maximum atomic E-state index is 11.8. The highest BCUT2D eigenvalue weighted by molar-refractivity contribution is 6.02. The molecule has 0 saturated carbocycles. The van der Waals surface area contributed by atoms with Crippen molar-refractivity contribution in [3.8, 4) is 0 Å². The van der Waals surface area contributed by atoms with Gasteiger partial charge in [0, 0.05) is 18.9 Å². The Morgan fingerprint density at radius 3 is 2.75 bits per heavy atom. The number of Topliss-reactive ketones (excluding diaryl/α,β-unsaturated/α-hetero) is 1. The summed E-state index contributed by atoms with van der Waals surface area (Å²) in [6, 6.07) is 5.76. The molecule has 1 aliphatic carbocycles. The number of carbonyl (C=O) groups excluding carboxylic acids is 2. The van der Waals surface area contributed by atoms with Crippen molar-refractivity contribution in [2.45, 2.75) is 32.7 Å². The number of fused-ring (bicyclic) bond motifs is 1. The molecule has 0 radical (unpaired) electrons. The summed E-state index contributed by atoms with van der Waals surface area (Å²) in [6.45, 7) is 5.36. The number of hydrogen-bond acceptors (Lipinski definition) is 2. The molecule has 1 atom stereocenters. The minimum absolute atomic E-state index is 0.103. The zero-order valence-electron chi connectivity index (χ0n) is 9.76. The zero-order valence-corrected chi connectivity index (χ0v) is 9.76. The van der Waals surface area contributed by atoms with Gasteiger partial charge in [0.2, 0.25) is 5.91 Å². The van der Waals surface area contributed by atoms with E-state index in [9.17, 15) is 9.59 Å². The van der Waals surface area contributed by atoms with Crippen LogP contribution < -0.4 is 5.32 Å². The average Bonchev–Trinajstić information content (AvgIpc) is 2.37. The highest BCUT2D eigenvalue weighted by Crippen LogP contribution is 2.36. The number of carbonyl (C=O) groups is 2. The van der Waals surface area contributed by atoms with E-state index in [0.717, 1.165) is 16.7 Å². The summed E-state index contributed by atoms with van der Waals surface area (Å²) in [5.74, 6) is -0.00379. The lowest BCUT2D eigenvalue weighted by Crippen LogP contribution is -2.40. The van der Waals surface area contributed by atoms with Crippen molar-refractivity contribution in [2.75, 3.05) is 0 Å². The van der Waals surface area contributed by atoms with Gasteiger partial charge in [-0.3, -0.25) is 9.59 Å². The van der Waals surface area contributed by atoms with Gasteiger partial charge in [0.05, 0.1) is 5.54 Å². The van der Waals surface area contributed by atoms with Gasteiger partial charge in [-0.25, -0.2) is 0 Å². The summed E-state index contributed by atoms with van der Waals surface area (Å²) >= 11 is 0. The molecule has 2 rings (SSSR count). The number of ketones is 1. The first-order valence-electron chi connectivity index (χ1n) is 5.35. The van der Waals surface area contributed by atoms with Crippen LogP contribution in [0.15, 0.2) is 18.2 Å². The monoisotopic (exact) mass is 217 g/mol. The standard InChI is InChI=1S/C13H15NO2/c1-8-4-5-10-11(6-8)13(3,7-12(10)16)14-9(2)15/h4-6H,7H2,1-3H3,(H,14,15). The number of amides is 1. The van der Waals surface area contributed by atoms with Crippen molar-refractivity contribution in [2.24, 2.45) is 0 Å². The van der Waals surface area contributed by atoms with Crippen LogP contribution in [-0.2, 0) is 10.3 Å². The molecule has 84 valence electrons. The van der Waals surface area contributed by atoms with Crippen LogP contribution in [0.1, 0.15) is 41.8 Å². The third-order valence-electron chi connectivity index (χ3n) is 3.04. The first-order valence-corrected chi connectivity index (χ1v) is 5.35. The summed E-state index contributed by atoms with van der Waals surface area (Å²) in [7, 11) is 0. The van der Waals surface area contributed by atoms with Gasteiger partial charge in [0.1, 0.15) is 0 Å². The predicted octanol–water partition coefficient (Wildman–Crippen LogP) is 1.93. The van der Waals surface area contributed by atoms with E-state index in [2.05, 4.69) is 5.32 Å². The molecule has 3 heteroatoms. The molecule has 0 spiro atoms. The molecule has 3 nitrogen and oxygen atoms in total. The van der Waals surface area contributed by atoms with E-state index < -0.39 is 5.54 Å². The lowest BCUT2D eigenvalue weighted by atomic mass is 9.93. The number of aryl methyl sites for hydroxylation is 1. The van der Waals surface area contributed by atoms with E-state index in [1.165, 1.54) is 6.92 Å². The Morgan fingerprint density at radius 2 is 2.12 bits per heavy atom.